The van der Waals surface area contributed by atoms with E-state index >= 15 is 0 Å². The molecule has 0 radical (unpaired) electrons. The van der Waals surface area contributed by atoms with Gasteiger partial charge >= 0.3 is 0 Å². The molecule has 0 aliphatic heterocycles. The fourth-order valence-electron chi connectivity index (χ4n) is 0.781. The Labute approximate surface area is 70.8 Å². The van der Waals surface area contributed by atoms with Crippen LogP contribution in [-0.4, -0.2) is 30.6 Å². The smallest absolute Gasteiger partial charge is 0.0135 e. The number of hydrogen-bond donors (Lipinski definition) is 1. The summed E-state index contributed by atoms with van der Waals surface area (Å²) in [4.78, 5) is 2.29. The minimum atomic E-state index is 0.0312. The van der Waals surface area contributed by atoms with Crippen molar-refractivity contribution in [1.29, 1.82) is 0 Å². The fourth-order valence-corrected chi connectivity index (χ4v) is 0.781. The molecule has 2 N–H and O–H groups in total. The molecule has 1 unspecified atom stereocenters. The molecule has 2 heteroatoms. The molecule has 1 atom stereocenters. The third-order valence-corrected chi connectivity index (χ3v) is 2.41. The Morgan fingerprint density at radius 2 is 1.91 bits per heavy atom. The molecule has 0 spiro atoms. The molecule has 0 amide bonds. The van der Waals surface area contributed by atoms with Crippen molar-refractivity contribution in [2.24, 2.45) is 5.73 Å². The van der Waals surface area contributed by atoms with Gasteiger partial charge in [0.1, 0.15) is 0 Å². The Balaban J connectivity index is 3.52. The van der Waals surface area contributed by atoms with Crippen LogP contribution in [0.3, 0.4) is 0 Å². The minimum Gasteiger partial charge on any atom is -0.325 e. The highest BCUT2D eigenvalue weighted by Crippen LogP contribution is 2.09. The topological polar surface area (TPSA) is 29.3 Å². The van der Waals surface area contributed by atoms with E-state index in [-0.39, 0.29) is 5.54 Å². The van der Waals surface area contributed by atoms with E-state index in [1.165, 1.54) is 0 Å². The van der Waals surface area contributed by atoms with Gasteiger partial charge in [-0.3, -0.25) is 0 Å². The Morgan fingerprint density at radius 3 is 2.27 bits per heavy atom. The van der Waals surface area contributed by atoms with E-state index in [4.69, 9.17) is 5.73 Å². The van der Waals surface area contributed by atoms with Crippen LogP contribution in [0.2, 0.25) is 0 Å². The van der Waals surface area contributed by atoms with Gasteiger partial charge in [-0.15, -0.1) is 0 Å². The zero-order valence-electron chi connectivity index (χ0n) is 8.35. The van der Waals surface area contributed by atoms with E-state index < -0.39 is 0 Å². The normalized spacial score (nSPS) is 16.9. The van der Waals surface area contributed by atoms with Crippen LogP contribution < -0.4 is 5.73 Å². The average molecular weight is 158 g/mol. The summed E-state index contributed by atoms with van der Waals surface area (Å²) < 4.78 is 0. The van der Waals surface area contributed by atoms with Crippen molar-refractivity contribution in [2.45, 2.75) is 39.2 Å². The van der Waals surface area contributed by atoms with E-state index in [9.17, 15) is 0 Å². The van der Waals surface area contributed by atoms with E-state index in [2.05, 4.69) is 32.7 Å². The van der Waals surface area contributed by atoms with Crippen LogP contribution in [0.5, 0.6) is 0 Å². The monoisotopic (exact) mass is 158 g/mol. The maximum atomic E-state index is 5.99. The second-order valence-corrected chi connectivity index (χ2v) is 3.65. The molecule has 68 valence electrons. The molecule has 11 heavy (non-hydrogen) atoms. The molecule has 2 nitrogen and oxygen atoms in total. The standard InChI is InChI=1S/C9H22N2/c1-5-9(3,10)7-8-11(4)6-2/h5-8,10H2,1-4H3. The third-order valence-electron chi connectivity index (χ3n) is 2.41. The van der Waals surface area contributed by atoms with Crippen molar-refractivity contribution in [3.63, 3.8) is 0 Å². The van der Waals surface area contributed by atoms with Gasteiger partial charge in [0, 0.05) is 5.54 Å². The van der Waals surface area contributed by atoms with Gasteiger partial charge in [0.25, 0.3) is 0 Å². The molecule has 0 aliphatic carbocycles. The quantitative estimate of drug-likeness (QED) is 0.656. The molecule has 0 rings (SSSR count). The van der Waals surface area contributed by atoms with Crippen LogP contribution in [0.15, 0.2) is 0 Å². The van der Waals surface area contributed by atoms with Crippen molar-refractivity contribution in [3.8, 4) is 0 Å². The van der Waals surface area contributed by atoms with Gasteiger partial charge in [-0.05, 0) is 39.9 Å². The first-order valence-electron chi connectivity index (χ1n) is 4.49. The Morgan fingerprint density at radius 1 is 1.36 bits per heavy atom. The molecular formula is C9H22N2. The van der Waals surface area contributed by atoms with Gasteiger partial charge in [-0.25, -0.2) is 0 Å². The van der Waals surface area contributed by atoms with E-state index in [0.717, 1.165) is 25.9 Å². The maximum absolute atomic E-state index is 5.99. The van der Waals surface area contributed by atoms with Gasteiger partial charge in [-0.2, -0.15) is 0 Å². The largest absolute Gasteiger partial charge is 0.325 e. The average Bonchev–Trinajstić information content (AvgIpc) is 2.00. The lowest BCUT2D eigenvalue weighted by atomic mass is 9.96. The summed E-state index contributed by atoms with van der Waals surface area (Å²) in [5.74, 6) is 0. The zero-order chi connectivity index (χ0) is 8.91. The van der Waals surface area contributed by atoms with Crippen LogP contribution in [-0.2, 0) is 0 Å². The summed E-state index contributed by atoms with van der Waals surface area (Å²) in [6.07, 6.45) is 2.15. The van der Waals surface area contributed by atoms with Gasteiger partial charge in [-0.1, -0.05) is 13.8 Å². The first-order chi connectivity index (χ1) is 5.02. The molecule has 0 fully saturated rings. The Kier molecular flexibility index (Phi) is 4.69. The Hall–Kier alpha value is -0.0800. The lowest BCUT2D eigenvalue weighted by Gasteiger charge is -2.25. The summed E-state index contributed by atoms with van der Waals surface area (Å²) in [5.41, 5.74) is 6.02. The summed E-state index contributed by atoms with van der Waals surface area (Å²) in [7, 11) is 2.13. The molecule has 0 aliphatic rings. The molecule has 0 aromatic carbocycles. The van der Waals surface area contributed by atoms with Gasteiger partial charge in [0.15, 0.2) is 0 Å². The van der Waals surface area contributed by atoms with Crippen LogP contribution in [0.1, 0.15) is 33.6 Å². The number of rotatable bonds is 5. The summed E-state index contributed by atoms with van der Waals surface area (Å²) in [6.45, 7) is 8.65. The summed E-state index contributed by atoms with van der Waals surface area (Å²) in [5, 5.41) is 0. The predicted molar refractivity (Wildman–Crippen MR) is 50.7 cm³/mol. The van der Waals surface area contributed by atoms with E-state index in [1.807, 2.05) is 0 Å². The molecule has 0 aromatic heterocycles. The highest BCUT2D eigenvalue weighted by molar-refractivity contribution is 4.77. The van der Waals surface area contributed by atoms with Crippen LogP contribution >= 0.6 is 0 Å². The highest BCUT2D eigenvalue weighted by Gasteiger charge is 2.15. The van der Waals surface area contributed by atoms with Gasteiger partial charge in [0.05, 0.1) is 0 Å². The highest BCUT2D eigenvalue weighted by atomic mass is 15.1. The van der Waals surface area contributed by atoms with E-state index in [0.29, 0.717) is 0 Å². The molecule has 0 aromatic rings. The predicted octanol–water partition coefficient (Wildman–Crippen LogP) is 1.46. The number of hydrogen-bond acceptors (Lipinski definition) is 2. The van der Waals surface area contributed by atoms with Gasteiger partial charge < -0.3 is 10.6 Å². The molecule has 0 heterocycles. The Bertz CT molecular complexity index is 99.7. The molecule has 0 saturated heterocycles. The van der Waals surface area contributed by atoms with Crippen LogP contribution in [0.4, 0.5) is 0 Å². The molecular weight excluding hydrogens is 136 g/mol. The van der Waals surface area contributed by atoms with Crippen molar-refractivity contribution < 1.29 is 0 Å². The first kappa shape index (κ1) is 10.9. The SMILES string of the molecule is CCN(C)CCC(C)(N)CC. The van der Waals surface area contributed by atoms with Crippen molar-refractivity contribution >= 4 is 0 Å². The van der Waals surface area contributed by atoms with Crippen molar-refractivity contribution in [1.82, 2.24) is 4.90 Å². The van der Waals surface area contributed by atoms with Crippen molar-refractivity contribution in [2.75, 3.05) is 20.1 Å². The molecule has 0 bridgehead atoms. The van der Waals surface area contributed by atoms with Crippen molar-refractivity contribution in [3.05, 3.63) is 0 Å². The van der Waals surface area contributed by atoms with E-state index in [1.54, 1.807) is 0 Å². The lowest BCUT2D eigenvalue weighted by Crippen LogP contribution is -2.38. The first-order valence-corrected chi connectivity index (χ1v) is 4.49. The summed E-state index contributed by atoms with van der Waals surface area (Å²) in [6, 6.07) is 0. The van der Waals surface area contributed by atoms with Gasteiger partial charge in [0.2, 0.25) is 0 Å². The maximum Gasteiger partial charge on any atom is 0.0135 e. The zero-order valence-corrected chi connectivity index (χ0v) is 8.35. The third kappa shape index (κ3) is 5.22. The fraction of sp³-hybridized carbons (Fsp3) is 1.00. The second kappa shape index (κ2) is 4.73. The molecule has 0 saturated carbocycles. The number of nitrogens with two attached hydrogens (primary N) is 1. The van der Waals surface area contributed by atoms with Crippen LogP contribution in [0.25, 0.3) is 0 Å². The number of nitrogens with zero attached hydrogens (tertiary/aromatic N) is 1. The van der Waals surface area contributed by atoms with Crippen LogP contribution in [0, 0.1) is 0 Å². The second-order valence-electron chi connectivity index (χ2n) is 3.65. The lowest BCUT2D eigenvalue weighted by molar-refractivity contribution is 0.294. The summed E-state index contributed by atoms with van der Waals surface area (Å²) >= 11 is 0. The minimum absolute atomic E-state index is 0.0312.